The molecule has 2 N–H and O–H groups in total. The molecule has 0 radical (unpaired) electrons. The summed E-state index contributed by atoms with van der Waals surface area (Å²) in [5.41, 5.74) is 5.77. The monoisotopic (exact) mass is 283 g/mol. The molecule has 20 heavy (non-hydrogen) atoms. The predicted octanol–water partition coefficient (Wildman–Crippen LogP) is 5.05. The standard InChI is InChI=1S/C18H37NO/c1-3-4-5-6-7-8-9-11-17-12-10-13-18(14-17)20-15-16(2)19/h16-18H,3-15,19H2,1-2H3. The topological polar surface area (TPSA) is 35.2 Å². The third-order valence-corrected chi connectivity index (χ3v) is 4.55. The summed E-state index contributed by atoms with van der Waals surface area (Å²) >= 11 is 0. The van der Waals surface area contributed by atoms with Gasteiger partial charge in [0.1, 0.15) is 0 Å². The van der Waals surface area contributed by atoms with Gasteiger partial charge in [-0.15, -0.1) is 0 Å². The largest absolute Gasteiger partial charge is 0.377 e. The minimum Gasteiger partial charge on any atom is -0.377 e. The molecule has 0 aromatic rings. The fraction of sp³-hybridized carbons (Fsp3) is 1.00. The van der Waals surface area contributed by atoms with E-state index in [1.807, 2.05) is 6.92 Å². The lowest BCUT2D eigenvalue weighted by Gasteiger charge is -2.29. The maximum Gasteiger partial charge on any atom is 0.0618 e. The van der Waals surface area contributed by atoms with E-state index in [1.165, 1.54) is 77.0 Å². The zero-order chi connectivity index (χ0) is 14.6. The molecular weight excluding hydrogens is 246 g/mol. The van der Waals surface area contributed by atoms with Crippen molar-refractivity contribution < 1.29 is 4.74 Å². The van der Waals surface area contributed by atoms with Crippen LogP contribution in [0.25, 0.3) is 0 Å². The van der Waals surface area contributed by atoms with E-state index >= 15 is 0 Å². The molecule has 2 heteroatoms. The molecule has 3 atom stereocenters. The molecule has 1 aliphatic carbocycles. The second kappa shape index (κ2) is 11.6. The first-order chi connectivity index (χ1) is 9.72. The second-order valence-electron chi connectivity index (χ2n) is 6.88. The normalized spacial score (nSPS) is 24.8. The Hall–Kier alpha value is -0.0800. The maximum atomic E-state index is 5.92. The van der Waals surface area contributed by atoms with E-state index in [0.29, 0.717) is 6.10 Å². The molecule has 0 bridgehead atoms. The summed E-state index contributed by atoms with van der Waals surface area (Å²) in [7, 11) is 0. The van der Waals surface area contributed by atoms with Crippen LogP contribution in [0, 0.1) is 5.92 Å². The smallest absolute Gasteiger partial charge is 0.0618 e. The van der Waals surface area contributed by atoms with Crippen molar-refractivity contribution in [2.45, 2.75) is 103 Å². The molecule has 0 aromatic carbocycles. The van der Waals surface area contributed by atoms with Crippen LogP contribution in [0.2, 0.25) is 0 Å². The van der Waals surface area contributed by atoms with E-state index in [0.717, 1.165) is 12.5 Å². The van der Waals surface area contributed by atoms with Crippen LogP contribution in [-0.2, 0) is 4.74 Å². The SMILES string of the molecule is CCCCCCCCCC1CCCC(OCC(C)N)C1. The second-order valence-corrected chi connectivity index (χ2v) is 6.88. The molecule has 1 aliphatic rings. The molecule has 2 nitrogen and oxygen atoms in total. The van der Waals surface area contributed by atoms with Crippen LogP contribution in [-0.4, -0.2) is 18.8 Å². The molecule has 120 valence electrons. The number of nitrogens with two attached hydrogens (primary N) is 1. The highest BCUT2D eigenvalue weighted by Crippen LogP contribution is 2.30. The highest BCUT2D eigenvalue weighted by Gasteiger charge is 2.22. The van der Waals surface area contributed by atoms with Crippen molar-refractivity contribution in [3.8, 4) is 0 Å². The van der Waals surface area contributed by atoms with Gasteiger partial charge in [0.15, 0.2) is 0 Å². The van der Waals surface area contributed by atoms with Gasteiger partial charge in [0.25, 0.3) is 0 Å². The molecule has 0 aromatic heterocycles. The summed E-state index contributed by atoms with van der Waals surface area (Å²) < 4.78 is 5.92. The van der Waals surface area contributed by atoms with Crippen molar-refractivity contribution >= 4 is 0 Å². The van der Waals surface area contributed by atoms with Crippen molar-refractivity contribution in [3.05, 3.63) is 0 Å². The molecular formula is C18H37NO. The minimum atomic E-state index is 0.179. The van der Waals surface area contributed by atoms with Gasteiger partial charge in [-0.3, -0.25) is 0 Å². The highest BCUT2D eigenvalue weighted by atomic mass is 16.5. The lowest BCUT2D eigenvalue weighted by Crippen LogP contribution is -2.29. The van der Waals surface area contributed by atoms with Gasteiger partial charge in [0.2, 0.25) is 0 Å². The van der Waals surface area contributed by atoms with Gasteiger partial charge in [-0.25, -0.2) is 0 Å². The lowest BCUT2D eigenvalue weighted by molar-refractivity contribution is 0.00669. The average Bonchev–Trinajstić information content (AvgIpc) is 2.45. The molecule has 1 fully saturated rings. The molecule has 1 rings (SSSR count). The first kappa shape index (κ1) is 18.0. The van der Waals surface area contributed by atoms with Crippen LogP contribution >= 0.6 is 0 Å². The third kappa shape index (κ3) is 8.97. The first-order valence-corrected chi connectivity index (χ1v) is 9.09. The van der Waals surface area contributed by atoms with E-state index in [-0.39, 0.29) is 6.04 Å². The van der Waals surface area contributed by atoms with E-state index in [4.69, 9.17) is 10.5 Å². The van der Waals surface area contributed by atoms with Crippen LogP contribution in [0.3, 0.4) is 0 Å². The molecule has 0 spiro atoms. The molecule has 0 amide bonds. The van der Waals surface area contributed by atoms with Crippen molar-refractivity contribution in [3.63, 3.8) is 0 Å². The van der Waals surface area contributed by atoms with Gasteiger partial charge in [0.05, 0.1) is 12.7 Å². The third-order valence-electron chi connectivity index (χ3n) is 4.55. The summed E-state index contributed by atoms with van der Waals surface area (Å²) in [5.74, 6) is 0.914. The number of hydrogen-bond acceptors (Lipinski definition) is 2. The van der Waals surface area contributed by atoms with E-state index in [1.54, 1.807) is 0 Å². The fourth-order valence-corrected chi connectivity index (χ4v) is 3.33. The predicted molar refractivity (Wildman–Crippen MR) is 88.0 cm³/mol. The van der Waals surface area contributed by atoms with E-state index in [9.17, 15) is 0 Å². The number of hydrogen-bond donors (Lipinski definition) is 1. The summed E-state index contributed by atoms with van der Waals surface area (Å²) in [5, 5.41) is 0. The number of unbranched alkanes of at least 4 members (excludes halogenated alkanes) is 6. The van der Waals surface area contributed by atoms with Crippen molar-refractivity contribution in [2.75, 3.05) is 6.61 Å². The Morgan fingerprint density at radius 2 is 1.75 bits per heavy atom. The molecule has 0 heterocycles. The Balaban J connectivity index is 1.99. The summed E-state index contributed by atoms with van der Waals surface area (Å²) in [6, 6.07) is 0.179. The Labute approximate surface area is 126 Å². The Morgan fingerprint density at radius 3 is 2.45 bits per heavy atom. The summed E-state index contributed by atoms with van der Waals surface area (Å²) in [6.45, 7) is 5.04. The molecule has 3 unspecified atom stereocenters. The van der Waals surface area contributed by atoms with Gasteiger partial charge in [-0.2, -0.15) is 0 Å². The van der Waals surface area contributed by atoms with Gasteiger partial charge in [0, 0.05) is 6.04 Å². The Kier molecular flexibility index (Phi) is 10.4. The zero-order valence-corrected chi connectivity index (χ0v) is 13.9. The van der Waals surface area contributed by atoms with Crippen molar-refractivity contribution in [1.29, 1.82) is 0 Å². The average molecular weight is 284 g/mol. The quantitative estimate of drug-likeness (QED) is 0.538. The van der Waals surface area contributed by atoms with Gasteiger partial charge in [-0.1, -0.05) is 71.1 Å². The molecule has 0 aliphatic heterocycles. The lowest BCUT2D eigenvalue weighted by atomic mass is 9.84. The van der Waals surface area contributed by atoms with Crippen molar-refractivity contribution in [1.82, 2.24) is 0 Å². The molecule has 0 saturated heterocycles. The van der Waals surface area contributed by atoms with Crippen LogP contribution in [0.4, 0.5) is 0 Å². The van der Waals surface area contributed by atoms with Crippen LogP contribution in [0.1, 0.15) is 90.9 Å². The van der Waals surface area contributed by atoms with Crippen LogP contribution in [0.5, 0.6) is 0 Å². The van der Waals surface area contributed by atoms with E-state index < -0.39 is 0 Å². The van der Waals surface area contributed by atoms with Crippen molar-refractivity contribution in [2.24, 2.45) is 11.7 Å². The van der Waals surface area contributed by atoms with Gasteiger partial charge >= 0.3 is 0 Å². The zero-order valence-electron chi connectivity index (χ0n) is 13.9. The number of rotatable bonds is 11. The number of ether oxygens (including phenoxy) is 1. The minimum absolute atomic E-state index is 0.179. The maximum absolute atomic E-state index is 5.92. The highest BCUT2D eigenvalue weighted by molar-refractivity contribution is 4.74. The molecule has 1 saturated carbocycles. The Morgan fingerprint density at radius 1 is 1.05 bits per heavy atom. The van der Waals surface area contributed by atoms with Gasteiger partial charge < -0.3 is 10.5 Å². The Bertz CT molecular complexity index is 217. The van der Waals surface area contributed by atoms with Crippen LogP contribution < -0.4 is 5.73 Å². The summed E-state index contributed by atoms with van der Waals surface area (Å²) in [6.07, 6.45) is 17.2. The van der Waals surface area contributed by atoms with E-state index in [2.05, 4.69) is 6.92 Å². The van der Waals surface area contributed by atoms with Gasteiger partial charge in [-0.05, 0) is 25.7 Å². The summed E-state index contributed by atoms with van der Waals surface area (Å²) in [4.78, 5) is 0. The fourth-order valence-electron chi connectivity index (χ4n) is 3.33. The first-order valence-electron chi connectivity index (χ1n) is 9.09. The van der Waals surface area contributed by atoms with Crippen LogP contribution in [0.15, 0.2) is 0 Å².